The number of aliphatic hydroxyl groups excluding tert-OH is 2. The molecule has 1 aromatic carbocycles. The zero-order valence-corrected chi connectivity index (χ0v) is 31.2. The highest BCUT2D eigenvalue weighted by Crippen LogP contribution is 2.63. The Morgan fingerprint density at radius 2 is 2.02 bits per heavy atom. The van der Waals surface area contributed by atoms with Crippen LogP contribution in [0.3, 0.4) is 0 Å². The third kappa shape index (κ3) is 9.65. The number of Topliss-reactive ketones (excluding diaryl/α,β-unsaturated/α-hetero) is 1. The molecular formula is C43H61N3O5. The third-order valence-electron chi connectivity index (χ3n) is 11.6. The summed E-state index contributed by atoms with van der Waals surface area (Å²) in [5, 5.41) is 38.3. The van der Waals surface area contributed by atoms with Crippen LogP contribution in [0.5, 0.6) is 0 Å². The van der Waals surface area contributed by atoms with Crippen LogP contribution < -0.4 is 16.8 Å². The number of nitrogens with two attached hydrogens (primary N) is 2. The van der Waals surface area contributed by atoms with Crippen LogP contribution in [-0.4, -0.2) is 65.2 Å². The largest absolute Gasteiger partial charge is 0.396 e. The van der Waals surface area contributed by atoms with Crippen LogP contribution in [0.2, 0.25) is 0 Å². The normalized spacial score (nSPS) is 30.3. The quantitative estimate of drug-likeness (QED) is 0.0812. The van der Waals surface area contributed by atoms with Crippen LogP contribution in [0.4, 0.5) is 0 Å². The lowest BCUT2D eigenvalue weighted by Gasteiger charge is -2.55. The minimum Gasteiger partial charge on any atom is -0.396 e. The minimum absolute atomic E-state index is 0.00634. The fraction of sp³-hybridized carbons (Fsp3) is 0.558. The lowest BCUT2D eigenvalue weighted by Crippen LogP contribution is -2.59. The number of aliphatic hydroxyl groups is 3. The Bertz CT molecular complexity index is 1570. The third-order valence-corrected chi connectivity index (χ3v) is 11.6. The molecule has 4 rings (SSSR count). The Balaban J connectivity index is 1.70. The number of carbonyl (C=O) groups is 1. The molecule has 278 valence electrons. The van der Waals surface area contributed by atoms with Crippen molar-refractivity contribution < 1.29 is 24.9 Å². The van der Waals surface area contributed by atoms with Crippen molar-refractivity contribution in [3.05, 3.63) is 94.1 Å². The van der Waals surface area contributed by atoms with Gasteiger partial charge in [-0.15, -0.1) is 0 Å². The maximum absolute atomic E-state index is 13.9. The van der Waals surface area contributed by atoms with E-state index in [1.165, 1.54) is 5.57 Å². The van der Waals surface area contributed by atoms with Gasteiger partial charge in [0.2, 0.25) is 0 Å². The van der Waals surface area contributed by atoms with Gasteiger partial charge in [-0.25, -0.2) is 0 Å². The van der Waals surface area contributed by atoms with Crippen molar-refractivity contribution in [2.75, 3.05) is 26.4 Å². The van der Waals surface area contributed by atoms with Crippen LogP contribution in [-0.2, 0) is 16.0 Å². The van der Waals surface area contributed by atoms with E-state index in [-0.39, 0.29) is 43.3 Å². The number of likely N-dealkylation sites (N-methyl/N-ethyl adjacent to an activating group) is 1. The van der Waals surface area contributed by atoms with Crippen molar-refractivity contribution in [1.82, 2.24) is 5.32 Å². The summed E-state index contributed by atoms with van der Waals surface area (Å²) in [4.78, 5) is 13.9. The second-order valence-corrected chi connectivity index (χ2v) is 14.9. The first-order valence-electron chi connectivity index (χ1n) is 18.7. The first kappa shape index (κ1) is 40.6. The summed E-state index contributed by atoms with van der Waals surface area (Å²) in [6.07, 6.45) is 11.7. The molecule has 0 aromatic heterocycles. The lowest BCUT2D eigenvalue weighted by atomic mass is 9.52. The van der Waals surface area contributed by atoms with Gasteiger partial charge < -0.3 is 36.8 Å². The molecule has 1 spiro atoms. The van der Waals surface area contributed by atoms with Crippen molar-refractivity contribution in [3.63, 3.8) is 0 Å². The van der Waals surface area contributed by atoms with E-state index in [1.807, 2.05) is 56.3 Å². The number of allylic oxidation sites excluding steroid dienone is 5. The van der Waals surface area contributed by atoms with Gasteiger partial charge in [0, 0.05) is 36.8 Å². The summed E-state index contributed by atoms with van der Waals surface area (Å²) in [6, 6.07) is 7.58. The SMILES string of the molecule is C=C1C=CC=C(C2CCC3(C(CCCO)C(=C(C)C(=O)Cc4cccc(C(N)N)c4)CCC3(C)O)C2O)COCC#CCC(C)=CCC1NCC. The average molecular weight is 700 g/mol. The van der Waals surface area contributed by atoms with E-state index in [1.54, 1.807) is 0 Å². The molecule has 2 fully saturated rings. The maximum atomic E-state index is 13.9. The highest BCUT2D eigenvalue weighted by molar-refractivity contribution is 5.97. The summed E-state index contributed by atoms with van der Waals surface area (Å²) >= 11 is 0. The summed E-state index contributed by atoms with van der Waals surface area (Å²) in [5.41, 5.74) is 16.0. The van der Waals surface area contributed by atoms with E-state index in [4.69, 9.17) is 16.2 Å². The van der Waals surface area contributed by atoms with Gasteiger partial charge in [-0.2, -0.15) is 0 Å². The Morgan fingerprint density at radius 1 is 1.24 bits per heavy atom. The zero-order valence-electron chi connectivity index (χ0n) is 31.2. The van der Waals surface area contributed by atoms with Crippen LogP contribution in [0.25, 0.3) is 0 Å². The Morgan fingerprint density at radius 3 is 2.75 bits per heavy atom. The number of ether oxygens (including phenoxy) is 1. The molecule has 6 unspecified atom stereocenters. The molecule has 1 heterocycles. The van der Waals surface area contributed by atoms with Gasteiger partial charge in [0.1, 0.15) is 6.61 Å². The Labute approximate surface area is 305 Å². The van der Waals surface area contributed by atoms with E-state index in [0.717, 1.165) is 40.8 Å². The van der Waals surface area contributed by atoms with Crippen molar-refractivity contribution in [2.45, 2.75) is 109 Å². The fourth-order valence-electron chi connectivity index (χ4n) is 8.64. The van der Waals surface area contributed by atoms with Crippen LogP contribution in [0.1, 0.15) is 96.4 Å². The molecule has 8 nitrogen and oxygen atoms in total. The molecule has 0 bridgehead atoms. The number of hydrogen-bond donors (Lipinski definition) is 6. The molecule has 0 amide bonds. The lowest BCUT2D eigenvalue weighted by molar-refractivity contribution is -0.167. The molecule has 3 aliphatic rings. The van der Waals surface area contributed by atoms with E-state index in [2.05, 4.69) is 43.7 Å². The summed E-state index contributed by atoms with van der Waals surface area (Å²) in [5.74, 6) is 5.79. The number of carbonyl (C=O) groups excluding carboxylic acids is 1. The monoisotopic (exact) mass is 699 g/mol. The van der Waals surface area contributed by atoms with Gasteiger partial charge >= 0.3 is 0 Å². The van der Waals surface area contributed by atoms with Gasteiger partial charge in [-0.1, -0.05) is 85.1 Å². The zero-order chi connectivity index (χ0) is 37.2. The standard InChI is InChI=1S/C43H61N3O5/c1-6-46-38-19-18-29(2)12-7-8-25-51-28-34(16-9-13-30(38)3)36-21-23-43(40(36)49)37(17-11-24-47)35(20-22-42(43,5)50)31(4)39(48)27-32-14-10-15-33(26-32)41(44)45/h9-10,13-16,18,26,36-38,40-41,46-47,49-50H,3,6,11-12,17,19-25,27-28,44-45H2,1-2,4-5H3. The fourth-order valence-corrected chi connectivity index (χ4v) is 8.64. The molecule has 0 saturated heterocycles. The smallest absolute Gasteiger partial charge is 0.162 e. The van der Waals surface area contributed by atoms with Crippen molar-refractivity contribution in [2.24, 2.45) is 28.7 Å². The number of nitrogens with one attached hydrogen (secondary N) is 1. The second kappa shape index (κ2) is 18.6. The highest BCUT2D eigenvalue weighted by Gasteiger charge is 2.64. The topological polar surface area (TPSA) is 151 Å². The Hall–Kier alpha value is -3.13. The molecule has 1 aliphatic heterocycles. The Kier molecular flexibility index (Phi) is 14.8. The van der Waals surface area contributed by atoms with Gasteiger partial charge in [0.25, 0.3) is 0 Å². The highest BCUT2D eigenvalue weighted by atomic mass is 16.5. The predicted molar refractivity (Wildman–Crippen MR) is 205 cm³/mol. The molecule has 2 aliphatic carbocycles. The molecule has 2 saturated carbocycles. The first-order valence-corrected chi connectivity index (χ1v) is 18.7. The van der Waals surface area contributed by atoms with Crippen LogP contribution in [0, 0.1) is 29.1 Å². The van der Waals surface area contributed by atoms with Gasteiger partial charge in [-0.05, 0) is 106 Å². The molecule has 51 heavy (non-hydrogen) atoms. The van der Waals surface area contributed by atoms with E-state index in [0.29, 0.717) is 57.1 Å². The van der Waals surface area contributed by atoms with Crippen LogP contribution in [0.15, 0.2) is 83.0 Å². The summed E-state index contributed by atoms with van der Waals surface area (Å²) in [6.45, 7) is 13.6. The van der Waals surface area contributed by atoms with E-state index in [9.17, 15) is 20.1 Å². The van der Waals surface area contributed by atoms with Gasteiger partial charge in [0.15, 0.2) is 5.78 Å². The van der Waals surface area contributed by atoms with Gasteiger partial charge in [-0.3, -0.25) is 4.79 Å². The van der Waals surface area contributed by atoms with Gasteiger partial charge in [0.05, 0.1) is 24.5 Å². The minimum atomic E-state index is -1.19. The molecule has 0 radical (unpaired) electrons. The van der Waals surface area contributed by atoms with Crippen molar-refractivity contribution >= 4 is 5.78 Å². The molecule has 8 N–H and O–H groups in total. The number of hydrogen-bond acceptors (Lipinski definition) is 8. The number of benzene rings is 1. The second-order valence-electron chi connectivity index (χ2n) is 14.9. The molecule has 6 atom stereocenters. The number of ketones is 1. The average Bonchev–Trinajstić information content (AvgIpc) is 3.44. The van der Waals surface area contributed by atoms with Crippen molar-refractivity contribution in [3.8, 4) is 11.8 Å². The maximum Gasteiger partial charge on any atom is 0.162 e. The predicted octanol–water partition coefficient (Wildman–Crippen LogP) is 5.50. The first-order chi connectivity index (χ1) is 24.4. The molecule has 1 aromatic rings. The molecular weight excluding hydrogens is 638 g/mol. The van der Waals surface area contributed by atoms with Crippen LogP contribution >= 0.6 is 0 Å². The number of rotatable bonds is 10. The summed E-state index contributed by atoms with van der Waals surface area (Å²) in [7, 11) is 0. The van der Waals surface area contributed by atoms with E-state index < -0.39 is 23.3 Å². The molecule has 8 heteroatoms. The summed E-state index contributed by atoms with van der Waals surface area (Å²) < 4.78 is 6.09. The van der Waals surface area contributed by atoms with Crippen molar-refractivity contribution in [1.29, 1.82) is 0 Å². The van der Waals surface area contributed by atoms with E-state index >= 15 is 0 Å².